The second kappa shape index (κ2) is 14.6. The number of piperidine rings is 2. The lowest BCUT2D eigenvalue weighted by Gasteiger charge is -2.39. The summed E-state index contributed by atoms with van der Waals surface area (Å²) in [6.45, 7) is 3.21. The van der Waals surface area contributed by atoms with Gasteiger partial charge in [0.2, 0.25) is 5.60 Å². The van der Waals surface area contributed by atoms with E-state index < -0.39 is 17.9 Å². The van der Waals surface area contributed by atoms with E-state index in [4.69, 9.17) is 34.8 Å². The quantitative estimate of drug-likeness (QED) is 0.286. The van der Waals surface area contributed by atoms with E-state index in [1.807, 2.05) is 12.1 Å². The van der Waals surface area contributed by atoms with E-state index >= 15 is 0 Å². The van der Waals surface area contributed by atoms with Crippen molar-refractivity contribution in [1.29, 1.82) is 0 Å². The Bertz CT molecular complexity index is 1460. The van der Waals surface area contributed by atoms with Gasteiger partial charge in [0.25, 0.3) is 18.2 Å². The third kappa shape index (κ3) is 7.88. The fraction of sp³-hybridized carbons (Fsp3) is 0.484. The third-order valence-electron chi connectivity index (χ3n) is 8.78. The third-order valence-corrected chi connectivity index (χ3v) is 9.53. The van der Waals surface area contributed by atoms with Gasteiger partial charge in [-0.2, -0.15) is 5.10 Å². The van der Waals surface area contributed by atoms with E-state index in [2.05, 4.69) is 20.3 Å². The minimum Gasteiger partial charge on any atom is -0.371 e. The molecule has 2 amide bonds. The molecule has 2 saturated heterocycles. The van der Waals surface area contributed by atoms with Crippen molar-refractivity contribution in [2.24, 2.45) is 11.8 Å². The molecule has 2 aromatic carbocycles. The molecule has 0 spiro atoms. The molecular weight excluding hydrogens is 649 g/mol. The molecule has 14 heteroatoms. The van der Waals surface area contributed by atoms with Crippen molar-refractivity contribution in [2.75, 3.05) is 37.6 Å². The van der Waals surface area contributed by atoms with Crippen molar-refractivity contribution in [3.63, 3.8) is 0 Å². The molecule has 2 aliphatic heterocycles. The highest BCUT2D eigenvalue weighted by Gasteiger charge is 2.50. The number of nitrogens with one attached hydrogen (secondary N) is 1. The molecular formula is C31H35Cl3F2N6O3. The van der Waals surface area contributed by atoms with Crippen LogP contribution in [0.25, 0.3) is 0 Å². The number of nitrogens with zero attached hydrogens (tertiary/aromatic N) is 5. The molecule has 2 fully saturated rings. The van der Waals surface area contributed by atoms with Gasteiger partial charge in [-0.25, -0.2) is 13.8 Å². The van der Waals surface area contributed by atoms with Gasteiger partial charge in [0, 0.05) is 54.0 Å². The van der Waals surface area contributed by atoms with Crippen LogP contribution >= 0.6 is 34.8 Å². The van der Waals surface area contributed by atoms with Crippen molar-refractivity contribution >= 4 is 52.3 Å². The Labute approximate surface area is 275 Å². The Balaban J connectivity index is 1.08. The zero-order valence-corrected chi connectivity index (χ0v) is 26.8. The molecule has 1 aromatic heterocycles. The summed E-state index contributed by atoms with van der Waals surface area (Å²) in [6.07, 6.45) is 4.01. The Morgan fingerprint density at radius 3 is 2.20 bits per heavy atom. The minimum atomic E-state index is -3.35. The first-order valence-corrected chi connectivity index (χ1v) is 16.1. The van der Waals surface area contributed by atoms with Gasteiger partial charge in [-0.3, -0.25) is 14.3 Å². The summed E-state index contributed by atoms with van der Waals surface area (Å²) < 4.78 is 29.9. The molecule has 0 radical (unpaired) electrons. The van der Waals surface area contributed by atoms with Crippen molar-refractivity contribution in [2.45, 2.75) is 50.7 Å². The van der Waals surface area contributed by atoms with Crippen LogP contribution in [0, 0.1) is 11.8 Å². The normalized spacial score (nSPS) is 17.8. The van der Waals surface area contributed by atoms with Gasteiger partial charge in [0.05, 0.1) is 17.1 Å². The molecule has 0 bridgehead atoms. The fourth-order valence-electron chi connectivity index (χ4n) is 6.24. The summed E-state index contributed by atoms with van der Waals surface area (Å²) in [5.41, 5.74) is -1.94. The monoisotopic (exact) mass is 682 g/mol. The van der Waals surface area contributed by atoms with Crippen molar-refractivity contribution in [3.05, 3.63) is 75.2 Å². The summed E-state index contributed by atoms with van der Waals surface area (Å²) in [5, 5.41) is 18.3. The van der Waals surface area contributed by atoms with Crippen LogP contribution in [0.2, 0.25) is 15.1 Å². The van der Waals surface area contributed by atoms with Gasteiger partial charge < -0.3 is 20.2 Å². The molecule has 2 aliphatic rings. The highest BCUT2D eigenvalue weighted by molar-refractivity contribution is 6.35. The number of carbonyl (C=O) groups excluding carboxylic acids is 2. The van der Waals surface area contributed by atoms with Gasteiger partial charge in [-0.05, 0) is 80.3 Å². The van der Waals surface area contributed by atoms with E-state index in [0.29, 0.717) is 61.4 Å². The number of anilines is 1. The lowest BCUT2D eigenvalue weighted by molar-refractivity contribution is -0.173. The number of halogens is 5. The summed E-state index contributed by atoms with van der Waals surface area (Å²) in [5.74, 6) is -0.407. The Morgan fingerprint density at radius 1 is 0.978 bits per heavy atom. The van der Waals surface area contributed by atoms with Crippen LogP contribution in [0.15, 0.2) is 49.1 Å². The van der Waals surface area contributed by atoms with E-state index in [1.54, 1.807) is 17.1 Å². The fourth-order valence-corrected chi connectivity index (χ4v) is 7.03. The van der Waals surface area contributed by atoms with Crippen LogP contribution in [-0.2, 0) is 16.9 Å². The number of benzene rings is 2. The maximum atomic E-state index is 14.1. The first-order chi connectivity index (χ1) is 21.5. The topological polar surface area (TPSA) is 104 Å². The maximum Gasteiger partial charge on any atom is 0.280 e. The van der Waals surface area contributed by atoms with Crippen molar-refractivity contribution in [1.82, 2.24) is 25.0 Å². The predicted molar refractivity (Wildman–Crippen MR) is 169 cm³/mol. The Morgan fingerprint density at radius 2 is 1.62 bits per heavy atom. The lowest BCUT2D eigenvalue weighted by atomic mass is 9.82. The van der Waals surface area contributed by atoms with Gasteiger partial charge in [-0.1, -0.05) is 34.8 Å². The first-order valence-electron chi connectivity index (χ1n) is 15.0. The molecule has 0 saturated carbocycles. The molecule has 242 valence electrons. The van der Waals surface area contributed by atoms with E-state index in [1.165, 1.54) is 17.3 Å². The number of aromatic nitrogens is 3. The van der Waals surface area contributed by atoms with E-state index in [-0.39, 0.29) is 21.5 Å². The zero-order valence-electron chi connectivity index (χ0n) is 24.5. The van der Waals surface area contributed by atoms with Crippen LogP contribution in [0.5, 0.6) is 0 Å². The van der Waals surface area contributed by atoms with Crippen LogP contribution in [0.3, 0.4) is 0 Å². The number of hydrogen-bond acceptors (Lipinski definition) is 6. The number of amides is 2. The average Bonchev–Trinajstić information content (AvgIpc) is 3.54. The number of rotatable bonds is 10. The minimum absolute atomic E-state index is 0.0630. The number of alkyl halides is 2. The van der Waals surface area contributed by atoms with Crippen LogP contribution < -0.4 is 10.2 Å². The second-order valence-corrected chi connectivity index (χ2v) is 13.0. The van der Waals surface area contributed by atoms with Crippen molar-refractivity contribution in [3.8, 4) is 0 Å². The summed E-state index contributed by atoms with van der Waals surface area (Å²) in [4.78, 5) is 33.3. The summed E-state index contributed by atoms with van der Waals surface area (Å²) in [6, 6.07) is 9.16. The summed E-state index contributed by atoms with van der Waals surface area (Å²) >= 11 is 18.4. The second-order valence-electron chi connectivity index (χ2n) is 11.7. The van der Waals surface area contributed by atoms with Gasteiger partial charge in [-0.15, -0.1) is 0 Å². The highest BCUT2D eigenvalue weighted by atomic mass is 35.5. The molecule has 3 heterocycles. The first kappa shape index (κ1) is 33.4. The predicted octanol–water partition coefficient (Wildman–Crippen LogP) is 5.67. The van der Waals surface area contributed by atoms with E-state index in [0.717, 1.165) is 50.2 Å². The Hall–Kier alpha value is -2.99. The van der Waals surface area contributed by atoms with Gasteiger partial charge in [0.1, 0.15) is 12.7 Å². The zero-order chi connectivity index (χ0) is 32.1. The highest BCUT2D eigenvalue weighted by Crippen LogP contribution is 2.37. The van der Waals surface area contributed by atoms with Crippen LogP contribution in [0.1, 0.15) is 48.0 Å². The molecule has 0 aliphatic carbocycles. The van der Waals surface area contributed by atoms with Crippen molar-refractivity contribution < 1.29 is 23.5 Å². The molecule has 5 rings (SSSR count). The van der Waals surface area contributed by atoms with E-state index in [9.17, 15) is 23.5 Å². The molecule has 9 nitrogen and oxygen atoms in total. The van der Waals surface area contributed by atoms with Crippen LogP contribution in [-0.4, -0.2) is 75.7 Å². The SMILES string of the molecule is O=C(NCCn1cncn1)c1ccc(N2CCC(CC3CCN(C(=O)[C@](O)(c4cc(Cl)cc(Cl)c4)C(F)F)CC3)CC2)cc1Cl. The van der Waals surface area contributed by atoms with Gasteiger partial charge in [0.15, 0.2) is 0 Å². The molecule has 3 aromatic rings. The largest absolute Gasteiger partial charge is 0.371 e. The standard InChI is InChI=1S/C31H35Cl3F2N6O3/c32-23-14-22(15-24(33)16-23)31(45,29(35)36)30(44)41-10-5-21(6-11-41)13-20-3-8-40(9-4-20)25-1-2-26(27(34)17-25)28(43)38-7-12-42-19-37-18-39-42/h1-2,14-21,29,45H,3-13H2,(H,38,43)/t31-/m0/s1. The lowest BCUT2D eigenvalue weighted by Crippen LogP contribution is -2.53. The Kier molecular flexibility index (Phi) is 10.8. The number of hydrogen-bond donors (Lipinski definition) is 2. The molecule has 2 N–H and O–H groups in total. The number of carbonyl (C=O) groups is 2. The number of likely N-dealkylation sites (tertiary alicyclic amines) is 1. The molecule has 0 unspecified atom stereocenters. The van der Waals surface area contributed by atoms with Crippen LogP contribution in [0.4, 0.5) is 14.5 Å². The molecule has 45 heavy (non-hydrogen) atoms. The summed E-state index contributed by atoms with van der Waals surface area (Å²) in [7, 11) is 0. The average molecular weight is 684 g/mol. The number of aliphatic hydroxyl groups is 1. The smallest absolute Gasteiger partial charge is 0.280 e. The molecule has 1 atom stereocenters. The van der Waals surface area contributed by atoms with Gasteiger partial charge >= 0.3 is 0 Å². The maximum absolute atomic E-state index is 14.1.